The number of likely N-dealkylation sites (N-methyl/N-ethyl adjacent to an activating group) is 1. The molecule has 0 saturated carbocycles. The van der Waals surface area contributed by atoms with Crippen LogP contribution in [0.5, 0.6) is 5.75 Å². The molecule has 0 aliphatic carbocycles. The molecule has 1 aromatic rings. The van der Waals surface area contributed by atoms with E-state index in [9.17, 15) is 4.79 Å². The number of ether oxygens (including phenoxy) is 2. The molecular formula is C14H22N2O3. The minimum absolute atomic E-state index is 0.128. The number of methoxy groups -OCH3 is 1. The van der Waals surface area contributed by atoms with Crippen LogP contribution in [0.3, 0.4) is 0 Å². The SMILES string of the molecule is CCOCCN(CC)C(=O)c1c(N)cccc1OC. The van der Waals surface area contributed by atoms with Crippen LogP contribution < -0.4 is 10.5 Å². The Hall–Kier alpha value is -1.75. The van der Waals surface area contributed by atoms with Crippen molar-refractivity contribution in [2.24, 2.45) is 0 Å². The molecule has 0 aliphatic rings. The number of hydrogen-bond donors (Lipinski definition) is 1. The Morgan fingerprint density at radius 1 is 1.37 bits per heavy atom. The predicted octanol–water partition coefficient (Wildman–Crippen LogP) is 1.78. The predicted molar refractivity (Wildman–Crippen MR) is 75.5 cm³/mol. The van der Waals surface area contributed by atoms with Crippen LogP contribution in [0.1, 0.15) is 24.2 Å². The maximum atomic E-state index is 12.5. The number of amides is 1. The van der Waals surface area contributed by atoms with Gasteiger partial charge in [0.1, 0.15) is 11.3 Å². The Labute approximate surface area is 114 Å². The highest BCUT2D eigenvalue weighted by Crippen LogP contribution is 2.25. The molecule has 0 spiro atoms. The zero-order valence-corrected chi connectivity index (χ0v) is 11.8. The van der Waals surface area contributed by atoms with E-state index in [0.717, 1.165) is 0 Å². The first kappa shape index (κ1) is 15.3. The average molecular weight is 266 g/mol. The van der Waals surface area contributed by atoms with Gasteiger partial charge in [0.25, 0.3) is 5.91 Å². The van der Waals surface area contributed by atoms with Crippen molar-refractivity contribution in [1.82, 2.24) is 4.90 Å². The van der Waals surface area contributed by atoms with Gasteiger partial charge in [-0.3, -0.25) is 4.79 Å². The summed E-state index contributed by atoms with van der Waals surface area (Å²) < 4.78 is 10.5. The molecule has 1 aromatic carbocycles. The van der Waals surface area contributed by atoms with Gasteiger partial charge < -0.3 is 20.1 Å². The summed E-state index contributed by atoms with van der Waals surface area (Å²) in [5.41, 5.74) is 6.74. The number of nitrogens with two attached hydrogens (primary N) is 1. The van der Waals surface area contributed by atoms with E-state index in [2.05, 4.69) is 0 Å². The lowest BCUT2D eigenvalue weighted by molar-refractivity contribution is 0.0667. The fourth-order valence-electron chi connectivity index (χ4n) is 1.83. The average Bonchev–Trinajstić information content (AvgIpc) is 2.42. The molecule has 2 N–H and O–H groups in total. The van der Waals surface area contributed by atoms with Crippen LogP contribution in [0.15, 0.2) is 18.2 Å². The minimum Gasteiger partial charge on any atom is -0.496 e. The number of nitrogen functional groups attached to an aromatic ring is 1. The van der Waals surface area contributed by atoms with E-state index in [-0.39, 0.29) is 5.91 Å². The first-order valence-corrected chi connectivity index (χ1v) is 6.45. The fraction of sp³-hybridized carbons (Fsp3) is 0.500. The molecule has 106 valence electrons. The lowest BCUT2D eigenvalue weighted by Gasteiger charge is -2.22. The number of anilines is 1. The quantitative estimate of drug-likeness (QED) is 0.603. The molecule has 0 atom stereocenters. The summed E-state index contributed by atoms with van der Waals surface area (Å²) in [6.07, 6.45) is 0. The molecule has 0 aliphatic heterocycles. The summed E-state index contributed by atoms with van der Waals surface area (Å²) in [7, 11) is 1.53. The second-order valence-corrected chi connectivity index (χ2v) is 4.01. The second kappa shape index (κ2) is 7.63. The fourth-order valence-corrected chi connectivity index (χ4v) is 1.83. The summed E-state index contributed by atoms with van der Waals surface area (Å²) in [6.45, 7) is 6.16. The number of rotatable bonds is 7. The number of nitrogens with zero attached hydrogens (tertiary/aromatic N) is 1. The van der Waals surface area contributed by atoms with E-state index in [4.69, 9.17) is 15.2 Å². The van der Waals surface area contributed by atoms with E-state index in [1.165, 1.54) is 7.11 Å². The van der Waals surface area contributed by atoms with Gasteiger partial charge in [-0.1, -0.05) is 6.07 Å². The van der Waals surface area contributed by atoms with Gasteiger partial charge in [-0.2, -0.15) is 0 Å². The highest BCUT2D eigenvalue weighted by atomic mass is 16.5. The number of benzene rings is 1. The molecule has 1 rings (SSSR count). The van der Waals surface area contributed by atoms with Gasteiger partial charge in [-0.25, -0.2) is 0 Å². The Kier molecular flexibility index (Phi) is 6.15. The highest BCUT2D eigenvalue weighted by Gasteiger charge is 2.20. The maximum Gasteiger partial charge on any atom is 0.259 e. The van der Waals surface area contributed by atoms with Crippen LogP contribution in [-0.4, -0.2) is 44.2 Å². The zero-order chi connectivity index (χ0) is 14.3. The van der Waals surface area contributed by atoms with Gasteiger partial charge in [-0.15, -0.1) is 0 Å². The first-order valence-electron chi connectivity index (χ1n) is 6.45. The second-order valence-electron chi connectivity index (χ2n) is 4.01. The number of carbonyl (C=O) groups excluding carboxylic acids is 1. The third-order valence-electron chi connectivity index (χ3n) is 2.87. The molecule has 5 nitrogen and oxygen atoms in total. The first-order chi connectivity index (χ1) is 9.15. The summed E-state index contributed by atoms with van der Waals surface area (Å²) in [4.78, 5) is 14.2. The van der Waals surface area contributed by atoms with Crippen LogP contribution in [0.25, 0.3) is 0 Å². The van der Waals surface area contributed by atoms with Crippen molar-refractivity contribution in [2.75, 3.05) is 39.1 Å². The van der Waals surface area contributed by atoms with Crippen LogP contribution >= 0.6 is 0 Å². The molecule has 1 amide bonds. The monoisotopic (exact) mass is 266 g/mol. The Balaban J connectivity index is 2.90. The third-order valence-corrected chi connectivity index (χ3v) is 2.87. The van der Waals surface area contributed by atoms with Crippen molar-refractivity contribution in [3.8, 4) is 5.75 Å². The van der Waals surface area contributed by atoms with Crippen LogP contribution in [0, 0.1) is 0 Å². The van der Waals surface area contributed by atoms with Crippen molar-refractivity contribution in [1.29, 1.82) is 0 Å². The van der Waals surface area contributed by atoms with Crippen molar-refractivity contribution < 1.29 is 14.3 Å². The van der Waals surface area contributed by atoms with Gasteiger partial charge in [0, 0.05) is 25.4 Å². The van der Waals surface area contributed by atoms with E-state index < -0.39 is 0 Å². The van der Waals surface area contributed by atoms with Gasteiger partial charge in [0.15, 0.2) is 0 Å². The third kappa shape index (κ3) is 3.86. The van der Waals surface area contributed by atoms with Gasteiger partial charge >= 0.3 is 0 Å². The summed E-state index contributed by atoms with van der Waals surface area (Å²) in [5.74, 6) is 0.372. The van der Waals surface area contributed by atoms with Gasteiger partial charge in [0.05, 0.1) is 13.7 Å². The lowest BCUT2D eigenvalue weighted by Crippen LogP contribution is -2.34. The topological polar surface area (TPSA) is 64.8 Å². The standard InChI is InChI=1S/C14H22N2O3/c1-4-16(9-10-19-5-2)14(17)13-11(15)7-6-8-12(13)18-3/h6-8H,4-5,9-10,15H2,1-3H3. The summed E-state index contributed by atoms with van der Waals surface area (Å²) in [5, 5.41) is 0. The number of carbonyl (C=O) groups is 1. The van der Waals surface area contributed by atoms with Crippen LogP contribution in [0.4, 0.5) is 5.69 Å². The van der Waals surface area contributed by atoms with Gasteiger partial charge in [-0.05, 0) is 26.0 Å². The van der Waals surface area contributed by atoms with Crippen molar-refractivity contribution in [3.05, 3.63) is 23.8 Å². The smallest absolute Gasteiger partial charge is 0.259 e. The molecule has 0 heterocycles. The maximum absolute atomic E-state index is 12.5. The Morgan fingerprint density at radius 2 is 2.11 bits per heavy atom. The molecule has 0 fully saturated rings. The number of hydrogen-bond acceptors (Lipinski definition) is 4. The largest absolute Gasteiger partial charge is 0.496 e. The molecule has 0 unspecified atom stereocenters. The van der Waals surface area contributed by atoms with E-state index in [0.29, 0.717) is 43.3 Å². The minimum atomic E-state index is -0.128. The van der Waals surface area contributed by atoms with E-state index in [1.54, 1.807) is 23.1 Å². The molecule has 0 bridgehead atoms. The molecule has 0 radical (unpaired) electrons. The molecule has 0 saturated heterocycles. The van der Waals surface area contributed by atoms with Crippen molar-refractivity contribution in [3.63, 3.8) is 0 Å². The molecule has 0 aromatic heterocycles. The molecule has 5 heteroatoms. The van der Waals surface area contributed by atoms with Crippen molar-refractivity contribution >= 4 is 11.6 Å². The lowest BCUT2D eigenvalue weighted by atomic mass is 10.1. The summed E-state index contributed by atoms with van der Waals surface area (Å²) in [6, 6.07) is 5.20. The van der Waals surface area contributed by atoms with Crippen LogP contribution in [0.2, 0.25) is 0 Å². The Morgan fingerprint density at radius 3 is 2.68 bits per heavy atom. The van der Waals surface area contributed by atoms with E-state index >= 15 is 0 Å². The van der Waals surface area contributed by atoms with Crippen LogP contribution in [-0.2, 0) is 4.74 Å². The molecular weight excluding hydrogens is 244 g/mol. The zero-order valence-electron chi connectivity index (χ0n) is 11.8. The normalized spacial score (nSPS) is 10.3. The molecule has 19 heavy (non-hydrogen) atoms. The van der Waals surface area contributed by atoms with Gasteiger partial charge in [0.2, 0.25) is 0 Å². The highest BCUT2D eigenvalue weighted by molar-refractivity contribution is 6.01. The Bertz CT molecular complexity index is 421. The summed E-state index contributed by atoms with van der Waals surface area (Å²) >= 11 is 0. The van der Waals surface area contributed by atoms with E-state index in [1.807, 2.05) is 13.8 Å². The van der Waals surface area contributed by atoms with Crippen molar-refractivity contribution in [2.45, 2.75) is 13.8 Å².